The molecule has 0 saturated heterocycles. The maximum Gasteiger partial charge on any atom is 0.240 e. The van der Waals surface area contributed by atoms with Gasteiger partial charge in [-0.2, -0.15) is 5.10 Å². The van der Waals surface area contributed by atoms with Crippen LogP contribution in [0.2, 0.25) is 5.02 Å². The smallest absolute Gasteiger partial charge is 0.240 e. The van der Waals surface area contributed by atoms with Crippen molar-refractivity contribution in [2.75, 3.05) is 0 Å². The van der Waals surface area contributed by atoms with E-state index in [2.05, 4.69) is 17.5 Å². The molecule has 0 unspecified atom stereocenters. The number of amides is 1. The van der Waals surface area contributed by atoms with E-state index >= 15 is 0 Å². The van der Waals surface area contributed by atoms with Crippen molar-refractivity contribution in [1.82, 2.24) is 5.43 Å². The molecule has 1 aliphatic heterocycles. The van der Waals surface area contributed by atoms with Crippen molar-refractivity contribution >= 4 is 23.2 Å². The lowest BCUT2D eigenvalue weighted by Gasteiger charge is -2.13. The Morgan fingerprint density at radius 3 is 2.81 bits per heavy atom. The fraction of sp³-hybridized carbons (Fsp3) is 0.333. The summed E-state index contributed by atoms with van der Waals surface area (Å²) in [5.74, 6) is -0.0278. The second kappa shape index (κ2) is 4.66. The standard InChI is InChI=1S/C12H13ClN2O/c1-2-8-3-4-9(7-10(8)13)11-5-6-12(16)15-14-11/h3-4,7H,2,5-6H2,1H3,(H,15,16). The molecule has 1 heterocycles. The average molecular weight is 237 g/mol. The summed E-state index contributed by atoms with van der Waals surface area (Å²) in [5.41, 5.74) is 5.50. The van der Waals surface area contributed by atoms with Gasteiger partial charge in [0.15, 0.2) is 0 Å². The zero-order valence-electron chi connectivity index (χ0n) is 9.09. The number of nitrogens with zero attached hydrogens (tertiary/aromatic N) is 1. The third-order valence-corrected chi connectivity index (χ3v) is 3.02. The van der Waals surface area contributed by atoms with Gasteiger partial charge in [-0.3, -0.25) is 4.79 Å². The van der Waals surface area contributed by atoms with Crippen LogP contribution in [0.15, 0.2) is 23.3 Å². The molecule has 1 aliphatic rings. The summed E-state index contributed by atoms with van der Waals surface area (Å²) >= 11 is 6.14. The predicted molar refractivity (Wildman–Crippen MR) is 64.7 cm³/mol. The molecule has 1 aromatic carbocycles. The van der Waals surface area contributed by atoms with Crippen LogP contribution in [-0.4, -0.2) is 11.6 Å². The van der Waals surface area contributed by atoms with Crippen LogP contribution in [0, 0.1) is 0 Å². The molecule has 2 rings (SSSR count). The molecule has 84 valence electrons. The van der Waals surface area contributed by atoms with E-state index in [1.807, 2.05) is 18.2 Å². The summed E-state index contributed by atoms with van der Waals surface area (Å²) < 4.78 is 0. The third kappa shape index (κ3) is 2.25. The normalized spacial score (nSPS) is 15.6. The molecule has 0 fully saturated rings. The summed E-state index contributed by atoms with van der Waals surface area (Å²) in [5, 5.41) is 4.80. The molecule has 4 heteroatoms. The highest BCUT2D eigenvalue weighted by atomic mass is 35.5. The van der Waals surface area contributed by atoms with Gasteiger partial charge < -0.3 is 0 Å². The predicted octanol–water partition coefficient (Wildman–Crippen LogP) is 2.52. The first-order valence-corrected chi connectivity index (χ1v) is 5.72. The molecule has 0 atom stereocenters. The molecule has 1 N–H and O–H groups in total. The third-order valence-electron chi connectivity index (χ3n) is 2.67. The second-order valence-electron chi connectivity index (χ2n) is 3.75. The molecule has 16 heavy (non-hydrogen) atoms. The summed E-state index contributed by atoms with van der Waals surface area (Å²) in [6.07, 6.45) is 2.09. The Bertz CT molecular complexity index is 454. The Kier molecular flexibility index (Phi) is 3.25. The van der Waals surface area contributed by atoms with Gasteiger partial charge in [0.2, 0.25) is 5.91 Å². The highest BCUT2D eigenvalue weighted by molar-refractivity contribution is 6.31. The van der Waals surface area contributed by atoms with E-state index in [0.29, 0.717) is 12.8 Å². The number of aryl methyl sites for hydroxylation is 1. The number of hydrazone groups is 1. The van der Waals surface area contributed by atoms with Gasteiger partial charge >= 0.3 is 0 Å². The van der Waals surface area contributed by atoms with Gasteiger partial charge in [-0.1, -0.05) is 30.7 Å². The monoisotopic (exact) mass is 236 g/mol. The van der Waals surface area contributed by atoms with Gasteiger partial charge in [-0.25, -0.2) is 5.43 Å². The summed E-state index contributed by atoms with van der Waals surface area (Å²) in [6, 6.07) is 5.92. The largest absolute Gasteiger partial charge is 0.273 e. The van der Waals surface area contributed by atoms with Crippen molar-refractivity contribution in [3.8, 4) is 0 Å². The van der Waals surface area contributed by atoms with Crippen LogP contribution in [0.4, 0.5) is 0 Å². The van der Waals surface area contributed by atoms with Gasteiger partial charge in [-0.15, -0.1) is 0 Å². The van der Waals surface area contributed by atoms with Crippen LogP contribution >= 0.6 is 11.6 Å². The Morgan fingerprint density at radius 1 is 1.44 bits per heavy atom. The molecule has 0 bridgehead atoms. The Balaban J connectivity index is 2.28. The van der Waals surface area contributed by atoms with Crippen LogP contribution in [0.3, 0.4) is 0 Å². The lowest BCUT2D eigenvalue weighted by atomic mass is 10.0. The molecule has 0 aromatic heterocycles. The van der Waals surface area contributed by atoms with E-state index in [0.717, 1.165) is 28.3 Å². The molecule has 1 aromatic rings. The number of hydrogen-bond donors (Lipinski definition) is 1. The maximum absolute atomic E-state index is 11.0. The summed E-state index contributed by atoms with van der Waals surface area (Å²) in [6.45, 7) is 2.07. The van der Waals surface area contributed by atoms with Gasteiger partial charge in [0, 0.05) is 17.9 Å². The van der Waals surface area contributed by atoms with Crippen molar-refractivity contribution in [2.45, 2.75) is 26.2 Å². The number of carbonyl (C=O) groups excluding carboxylic acids is 1. The number of benzene rings is 1. The van der Waals surface area contributed by atoms with Crippen molar-refractivity contribution in [3.05, 3.63) is 34.3 Å². The number of hydrogen-bond acceptors (Lipinski definition) is 2. The average Bonchev–Trinajstić information content (AvgIpc) is 2.30. The molecule has 1 amide bonds. The van der Waals surface area contributed by atoms with E-state index < -0.39 is 0 Å². The second-order valence-corrected chi connectivity index (χ2v) is 4.16. The zero-order valence-corrected chi connectivity index (χ0v) is 9.84. The zero-order chi connectivity index (χ0) is 11.5. The minimum absolute atomic E-state index is 0.0278. The fourth-order valence-corrected chi connectivity index (χ4v) is 2.01. The molecule has 0 spiro atoms. The molecule has 3 nitrogen and oxygen atoms in total. The molecule has 0 saturated carbocycles. The number of halogens is 1. The Hall–Kier alpha value is -1.35. The van der Waals surface area contributed by atoms with Gasteiger partial charge in [0.05, 0.1) is 5.71 Å². The van der Waals surface area contributed by atoms with Crippen LogP contribution in [-0.2, 0) is 11.2 Å². The van der Waals surface area contributed by atoms with Gasteiger partial charge in [0.1, 0.15) is 0 Å². The quantitative estimate of drug-likeness (QED) is 0.842. The molecular weight excluding hydrogens is 224 g/mol. The number of carbonyl (C=O) groups is 1. The summed E-state index contributed by atoms with van der Waals surface area (Å²) in [4.78, 5) is 11.0. The number of nitrogens with one attached hydrogen (secondary N) is 1. The van der Waals surface area contributed by atoms with E-state index in [9.17, 15) is 4.79 Å². The SMILES string of the molecule is CCc1ccc(C2=NNC(=O)CC2)cc1Cl. The lowest BCUT2D eigenvalue weighted by molar-refractivity contribution is -0.121. The van der Waals surface area contributed by atoms with Crippen molar-refractivity contribution in [3.63, 3.8) is 0 Å². The van der Waals surface area contributed by atoms with Crippen molar-refractivity contribution in [2.24, 2.45) is 5.10 Å². The molecule has 0 radical (unpaired) electrons. The molecular formula is C12H13ClN2O. The number of rotatable bonds is 2. The molecule has 0 aliphatic carbocycles. The Labute approximate surface area is 99.5 Å². The van der Waals surface area contributed by atoms with E-state index in [4.69, 9.17) is 11.6 Å². The van der Waals surface area contributed by atoms with Gasteiger partial charge in [-0.05, 0) is 23.6 Å². The first-order chi connectivity index (χ1) is 7.70. The van der Waals surface area contributed by atoms with Crippen molar-refractivity contribution < 1.29 is 4.79 Å². The van der Waals surface area contributed by atoms with Crippen LogP contribution in [0.1, 0.15) is 30.9 Å². The fourth-order valence-electron chi connectivity index (χ4n) is 1.70. The highest BCUT2D eigenvalue weighted by Crippen LogP contribution is 2.20. The first-order valence-electron chi connectivity index (χ1n) is 5.35. The topological polar surface area (TPSA) is 41.5 Å². The van der Waals surface area contributed by atoms with E-state index in [1.54, 1.807) is 0 Å². The first kappa shape index (κ1) is 11.1. The minimum Gasteiger partial charge on any atom is -0.273 e. The maximum atomic E-state index is 11.0. The minimum atomic E-state index is -0.0278. The van der Waals surface area contributed by atoms with E-state index in [-0.39, 0.29) is 5.91 Å². The van der Waals surface area contributed by atoms with E-state index in [1.165, 1.54) is 0 Å². The van der Waals surface area contributed by atoms with Crippen molar-refractivity contribution in [1.29, 1.82) is 0 Å². The lowest BCUT2D eigenvalue weighted by Crippen LogP contribution is -2.25. The van der Waals surface area contributed by atoms with Crippen LogP contribution < -0.4 is 5.43 Å². The highest BCUT2D eigenvalue weighted by Gasteiger charge is 2.13. The van der Waals surface area contributed by atoms with Crippen LogP contribution in [0.25, 0.3) is 0 Å². The van der Waals surface area contributed by atoms with Gasteiger partial charge in [0.25, 0.3) is 0 Å². The summed E-state index contributed by atoms with van der Waals surface area (Å²) in [7, 11) is 0. The van der Waals surface area contributed by atoms with Crippen LogP contribution in [0.5, 0.6) is 0 Å². The Morgan fingerprint density at radius 2 is 2.25 bits per heavy atom.